The highest BCUT2D eigenvalue weighted by Crippen LogP contribution is 2.45. The van der Waals surface area contributed by atoms with Crippen molar-refractivity contribution in [3.8, 4) is 0 Å². The summed E-state index contributed by atoms with van der Waals surface area (Å²) in [6.07, 6.45) is 0. The minimum absolute atomic E-state index is 0.215. The van der Waals surface area contributed by atoms with Crippen LogP contribution in [0.1, 0.15) is 18.1 Å². The van der Waals surface area contributed by atoms with Crippen LogP contribution in [0.4, 0.5) is 5.69 Å². The molecule has 0 bridgehead atoms. The van der Waals surface area contributed by atoms with Gasteiger partial charge in [-0.2, -0.15) is 0 Å². The van der Waals surface area contributed by atoms with Crippen LogP contribution in [0.15, 0.2) is 53.4 Å². The summed E-state index contributed by atoms with van der Waals surface area (Å²) in [6.45, 7) is 1.87. The summed E-state index contributed by atoms with van der Waals surface area (Å²) in [7, 11) is 1.25. The summed E-state index contributed by atoms with van der Waals surface area (Å²) in [4.78, 5) is 41.7. The Morgan fingerprint density at radius 2 is 1.81 bits per heavy atom. The second-order valence-electron chi connectivity index (χ2n) is 6.98. The molecule has 0 radical (unpaired) electrons. The number of nitrogens with zero attached hydrogens (tertiary/aromatic N) is 2. The molecule has 2 heterocycles. The Morgan fingerprint density at radius 3 is 2.48 bits per heavy atom. The van der Waals surface area contributed by atoms with Gasteiger partial charge in [0.05, 0.1) is 29.8 Å². The highest BCUT2D eigenvalue weighted by molar-refractivity contribution is 8.26. The van der Waals surface area contributed by atoms with Crippen LogP contribution in [0.2, 0.25) is 5.02 Å². The Bertz CT molecular complexity index is 1150. The van der Waals surface area contributed by atoms with Crippen molar-refractivity contribution in [2.24, 2.45) is 0 Å². The number of esters is 1. The number of methoxy groups -OCH3 is 1. The fourth-order valence-electron chi connectivity index (χ4n) is 3.57. The smallest absolute Gasteiger partial charge is 0.328 e. The van der Waals surface area contributed by atoms with E-state index in [0.717, 1.165) is 17.3 Å². The van der Waals surface area contributed by atoms with E-state index in [1.807, 2.05) is 30.3 Å². The molecule has 2 aromatic rings. The van der Waals surface area contributed by atoms with E-state index in [-0.39, 0.29) is 15.1 Å². The summed E-state index contributed by atoms with van der Waals surface area (Å²) < 4.78 is 4.96. The molecule has 0 aliphatic carbocycles. The van der Waals surface area contributed by atoms with Crippen molar-refractivity contribution in [1.29, 1.82) is 0 Å². The molecule has 0 aromatic heterocycles. The molecule has 6 nitrogen and oxygen atoms in total. The number of amides is 2. The van der Waals surface area contributed by atoms with Gasteiger partial charge in [0.1, 0.15) is 10.4 Å². The quantitative estimate of drug-likeness (QED) is 0.380. The average molecular weight is 473 g/mol. The molecule has 4 rings (SSSR count). The van der Waals surface area contributed by atoms with Gasteiger partial charge < -0.3 is 9.64 Å². The third-order valence-electron chi connectivity index (χ3n) is 5.13. The van der Waals surface area contributed by atoms with Crippen molar-refractivity contribution < 1.29 is 19.1 Å². The second kappa shape index (κ2) is 8.45. The van der Waals surface area contributed by atoms with E-state index in [2.05, 4.69) is 0 Å². The number of carbonyl (C=O) groups excluding carboxylic acids is 3. The van der Waals surface area contributed by atoms with Gasteiger partial charge in [-0.1, -0.05) is 65.9 Å². The molecule has 2 aromatic carbocycles. The van der Waals surface area contributed by atoms with Crippen LogP contribution in [0, 0.1) is 0 Å². The third kappa shape index (κ3) is 3.75. The molecule has 31 heavy (non-hydrogen) atoms. The SMILES string of the molecule is COC(=O)C(C)N1C(=O)/C(=C2/C(=O)N(Cc3ccc(Cl)cc3)c3ccccc32)SC1=S. The predicted molar refractivity (Wildman–Crippen MR) is 125 cm³/mol. The first kappa shape index (κ1) is 21.5. The predicted octanol–water partition coefficient (Wildman–Crippen LogP) is 4.02. The van der Waals surface area contributed by atoms with Gasteiger partial charge in [-0.15, -0.1) is 0 Å². The Labute approximate surface area is 193 Å². The number of fused-ring (bicyclic) bond motifs is 1. The number of halogens is 1. The number of benzene rings is 2. The van der Waals surface area contributed by atoms with E-state index < -0.39 is 17.9 Å². The molecule has 1 unspecified atom stereocenters. The van der Waals surface area contributed by atoms with Crippen LogP contribution >= 0.6 is 35.6 Å². The maximum Gasteiger partial charge on any atom is 0.328 e. The molecule has 1 saturated heterocycles. The zero-order valence-corrected chi connectivity index (χ0v) is 19.0. The maximum absolute atomic E-state index is 13.5. The maximum atomic E-state index is 13.5. The van der Waals surface area contributed by atoms with Crippen molar-refractivity contribution in [2.75, 3.05) is 12.0 Å². The van der Waals surface area contributed by atoms with E-state index in [0.29, 0.717) is 28.4 Å². The number of thioether (sulfide) groups is 1. The fourth-order valence-corrected chi connectivity index (χ4v) is 5.19. The number of para-hydroxylation sites is 1. The third-order valence-corrected chi connectivity index (χ3v) is 6.79. The first-order valence-corrected chi connectivity index (χ1v) is 11.0. The number of thiocarbonyl (C=S) groups is 1. The molecule has 0 saturated carbocycles. The Hall–Kier alpha value is -2.68. The first-order valence-electron chi connectivity index (χ1n) is 9.36. The normalized spacial score (nSPS) is 19.1. The zero-order chi connectivity index (χ0) is 22.3. The summed E-state index contributed by atoms with van der Waals surface area (Å²) >= 11 is 12.3. The first-order chi connectivity index (χ1) is 14.8. The summed E-state index contributed by atoms with van der Waals surface area (Å²) in [5.41, 5.74) is 2.57. The van der Waals surface area contributed by atoms with E-state index in [4.69, 9.17) is 28.6 Å². The summed E-state index contributed by atoms with van der Waals surface area (Å²) in [5.74, 6) is -1.34. The van der Waals surface area contributed by atoms with E-state index in [1.54, 1.807) is 30.0 Å². The van der Waals surface area contributed by atoms with Gasteiger partial charge in [0, 0.05) is 10.6 Å². The van der Waals surface area contributed by atoms with E-state index in [1.165, 1.54) is 12.0 Å². The Balaban J connectivity index is 1.75. The van der Waals surface area contributed by atoms with Crippen molar-refractivity contribution >= 4 is 68.9 Å². The highest BCUT2D eigenvalue weighted by Gasteiger charge is 2.44. The average Bonchev–Trinajstić information content (AvgIpc) is 3.21. The van der Waals surface area contributed by atoms with Crippen molar-refractivity contribution in [3.05, 3.63) is 69.6 Å². The van der Waals surface area contributed by atoms with Gasteiger partial charge >= 0.3 is 5.97 Å². The lowest BCUT2D eigenvalue weighted by molar-refractivity contribution is -0.147. The summed E-state index contributed by atoms with van der Waals surface area (Å²) in [5, 5.41) is 0.612. The molecule has 0 N–H and O–H groups in total. The molecule has 2 aliphatic heterocycles. The number of hydrogen-bond acceptors (Lipinski definition) is 6. The topological polar surface area (TPSA) is 66.9 Å². The van der Waals surface area contributed by atoms with Crippen LogP contribution in [-0.4, -0.2) is 40.2 Å². The number of hydrogen-bond donors (Lipinski definition) is 0. The van der Waals surface area contributed by atoms with Crippen LogP contribution in [-0.2, 0) is 25.7 Å². The van der Waals surface area contributed by atoms with E-state index >= 15 is 0 Å². The van der Waals surface area contributed by atoms with Gasteiger partial charge in [0.25, 0.3) is 11.8 Å². The molecular formula is C22H17ClN2O4S2. The molecule has 2 amide bonds. The lowest BCUT2D eigenvalue weighted by atomic mass is 10.1. The Morgan fingerprint density at radius 1 is 1.13 bits per heavy atom. The second-order valence-corrected chi connectivity index (χ2v) is 9.06. The van der Waals surface area contributed by atoms with Gasteiger partial charge in [-0.25, -0.2) is 4.79 Å². The largest absolute Gasteiger partial charge is 0.467 e. The van der Waals surface area contributed by atoms with Crippen molar-refractivity contribution in [3.63, 3.8) is 0 Å². The standard InChI is InChI=1S/C22H17ClN2O4S2/c1-12(21(28)29-2)25-20(27)18(31-22(25)30)17-15-5-3-4-6-16(15)24(19(17)26)11-13-7-9-14(23)10-8-13/h3-10,12H,11H2,1-2H3/b18-17-. The lowest BCUT2D eigenvalue weighted by Crippen LogP contribution is -2.42. The molecular weight excluding hydrogens is 456 g/mol. The van der Waals surface area contributed by atoms with Gasteiger partial charge in [-0.05, 0) is 30.7 Å². The van der Waals surface area contributed by atoms with Crippen molar-refractivity contribution in [1.82, 2.24) is 4.90 Å². The molecule has 0 spiro atoms. The zero-order valence-electron chi connectivity index (χ0n) is 16.6. The Kier molecular flexibility index (Phi) is 5.88. The molecule has 9 heteroatoms. The molecule has 1 atom stereocenters. The lowest BCUT2D eigenvalue weighted by Gasteiger charge is -2.20. The van der Waals surface area contributed by atoms with Gasteiger partial charge in [0.15, 0.2) is 0 Å². The molecule has 158 valence electrons. The van der Waals surface area contributed by atoms with E-state index in [9.17, 15) is 14.4 Å². The van der Waals surface area contributed by atoms with Crippen LogP contribution in [0.5, 0.6) is 0 Å². The number of ether oxygens (including phenoxy) is 1. The summed E-state index contributed by atoms with van der Waals surface area (Å²) in [6, 6.07) is 13.7. The minimum atomic E-state index is -0.882. The van der Waals surface area contributed by atoms with Crippen LogP contribution in [0.3, 0.4) is 0 Å². The van der Waals surface area contributed by atoms with Gasteiger partial charge in [0.2, 0.25) is 0 Å². The monoisotopic (exact) mass is 472 g/mol. The fraction of sp³-hybridized carbons (Fsp3) is 0.182. The van der Waals surface area contributed by atoms with Crippen LogP contribution < -0.4 is 4.90 Å². The molecule has 1 fully saturated rings. The van der Waals surface area contributed by atoms with Crippen molar-refractivity contribution in [2.45, 2.75) is 19.5 Å². The highest BCUT2D eigenvalue weighted by atomic mass is 35.5. The number of carbonyl (C=O) groups is 3. The number of anilines is 1. The molecule has 2 aliphatic rings. The van der Waals surface area contributed by atoms with Gasteiger partial charge in [-0.3, -0.25) is 14.5 Å². The number of rotatable bonds is 4. The minimum Gasteiger partial charge on any atom is -0.467 e. The van der Waals surface area contributed by atoms with Crippen LogP contribution in [0.25, 0.3) is 5.57 Å².